The van der Waals surface area contributed by atoms with Gasteiger partial charge in [-0.15, -0.1) is 11.3 Å². The number of likely N-dealkylation sites (tertiary alicyclic amines) is 1. The molecule has 1 saturated heterocycles. The predicted molar refractivity (Wildman–Crippen MR) is 115 cm³/mol. The van der Waals surface area contributed by atoms with Crippen LogP contribution in [0.4, 0.5) is 5.13 Å². The monoisotopic (exact) mass is 383 g/mol. The molecule has 146 valence electrons. The number of piperidine rings is 1. The lowest BCUT2D eigenvalue weighted by atomic mass is 9.86. The number of rotatable bonds is 6. The van der Waals surface area contributed by atoms with E-state index in [0.717, 1.165) is 36.4 Å². The normalized spacial score (nSPS) is 21.3. The maximum absolute atomic E-state index is 5.89. The number of aromatic nitrogens is 1. The summed E-state index contributed by atoms with van der Waals surface area (Å²) in [4.78, 5) is 8.56. The van der Waals surface area contributed by atoms with Gasteiger partial charge in [0.15, 0.2) is 5.13 Å². The van der Waals surface area contributed by atoms with E-state index >= 15 is 0 Å². The molecule has 2 aromatic rings. The maximum atomic E-state index is 5.89. The molecule has 1 fully saturated rings. The van der Waals surface area contributed by atoms with Gasteiger partial charge in [0, 0.05) is 11.4 Å². The van der Waals surface area contributed by atoms with Crippen LogP contribution < -0.4 is 5.73 Å². The fourth-order valence-electron chi connectivity index (χ4n) is 4.93. The highest BCUT2D eigenvalue weighted by atomic mass is 32.1. The van der Waals surface area contributed by atoms with E-state index in [1.165, 1.54) is 73.3 Å². The highest BCUT2D eigenvalue weighted by Gasteiger charge is 2.23. The first kappa shape index (κ1) is 18.9. The van der Waals surface area contributed by atoms with E-state index in [-0.39, 0.29) is 0 Å². The van der Waals surface area contributed by atoms with Gasteiger partial charge in [0.25, 0.3) is 0 Å². The van der Waals surface area contributed by atoms with E-state index in [2.05, 4.69) is 41.1 Å². The molecule has 27 heavy (non-hydrogen) atoms. The number of aryl methyl sites for hydroxylation is 1. The lowest BCUT2D eigenvalue weighted by Crippen LogP contribution is -2.33. The first-order valence-electron chi connectivity index (χ1n) is 10.7. The first-order chi connectivity index (χ1) is 13.2. The zero-order valence-electron chi connectivity index (χ0n) is 16.6. The molecule has 0 bridgehead atoms. The second-order valence-electron chi connectivity index (χ2n) is 8.56. The molecular formula is C23H33N3S. The zero-order valence-corrected chi connectivity index (χ0v) is 17.4. The Kier molecular flexibility index (Phi) is 6.14. The van der Waals surface area contributed by atoms with Gasteiger partial charge >= 0.3 is 0 Å². The van der Waals surface area contributed by atoms with Crippen molar-refractivity contribution in [2.24, 2.45) is 11.8 Å². The van der Waals surface area contributed by atoms with Crippen LogP contribution in [0, 0.1) is 11.8 Å². The Labute approximate surface area is 168 Å². The Bertz CT molecular complexity index is 746. The topological polar surface area (TPSA) is 42.2 Å². The molecule has 1 atom stereocenters. The third-order valence-corrected chi connectivity index (χ3v) is 7.33. The Morgan fingerprint density at radius 2 is 1.96 bits per heavy atom. The van der Waals surface area contributed by atoms with Crippen LogP contribution in [0.25, 0.3) is 0 Å². The number of nitrogen functional groups attached to an aromatic ring is 1. The first-order valence-corrected chi connectivity index (χ1v) is 11.6. The molecule has 1 aromatic carbocycles. The Balaban J connectivity index is 1.32. The summed E-state index contributed by atoms with van der Waals surface area (Å²) < 4.78 is 0. The van der Waals surface area contributed by atoms with Crippen molar-refractivity contribution in [2.45, 2.75) is 64.8 Å². The molecule has 2 aliphatic rings. The minimum absolute atomic E-state index is 0.734. The summed E-state index contributed by atoms with van der Waals surface area (Å²) in [6.45, 7) is 5.97. The van der Waals surface area contributed by atoms with Crippen LogP contribution in [0.3, 0.4) is 0 Å². The van der Waals surface area contributed by atoms with Crippen LogP contribution in [-0.2, 0) is 25.8 Å². The third kappa shape index (κ3) is 4.91. The summed E-state index contributed by atoms with van der Waals surface area (Å²) in [5.41, 5.74) is 10.1. The lowest BCUT2D eigenvalue weighted by Gasteiger charge is -2.32. The van der Waals surface area contributed by atoms with Gasteiger partial charge in [0.1, 0.15) is 0 Å². The predicted octanol–water partition coefficient (Wildman–Crippen LogP) is 5.09. The van der Waals surface area contributed by atoms with Gasteiger partial charge in [-0.2, -0.15) is 0 Å². The summed E-state index contributed by atoms with van der Waals surface area (Å²) in [5.74, 6) is 1.70. The van der Waals surface area contributed by atoms with Gasteiger partial charge in [0.05, 0.1) is 5.69 Å². The van der Waals surface area contributed by atoms with Gasteiger partial charge in [-0.05, 0) is 74.6 Å². The Hall–Kier alpha value is -1.39. The van der Waals surface area contributed by atoms with Crippen LogP contribution in [0.15, 0.2) is 24.3 Å². The van der Waals surface area contributed by atoms with Crippen molar-refractivity contribution in [1.82, 2.24) is 9.88 Å². The molecule has 4 heteroatoms. The second kappa shape index (κ2) is 8.74. The van der Waals surface area contributed by atoms with Gasteiger partial charge < -0.3 is 5.73 Å². The van der Waals surface area contributed by atoms with Crippen molar-refractivity contribution < 1.29 is 0 Å². The van der Waals surface area contributed by atoms with E-state index in [0.29, 0.717) is 0 Å². The minimum Gasteiger partial charge on any atom is -0.375 e. The second-order valence-corrected chi connectivity index (χ2v) is 9.68. The highest BCUT2D eigenvalue weighted by Crippen LogP contribution is 2.32. The highest BCUT2D eigenvalue weighted by molar-refractivity contribution is 7.15. The largest absolute Gasteiger partial charge is 0.375 e. The van der Waals surface area contributed by atoms with Crippen LogP contribution >= 0.6 is 11.3 Å². The molecule has 1 aliphatic carbocycles. The number of hydrogen-bond donors (Lipinski definition) is 1. The number of nitrogens with zero attached hydrogens (tertiary/aromatic N) is 2. The van der Waals surface area contributed by atoms with Gasteiger partial charge in [-0.1, -0.05) is 44.0 Å². The molecule has 4 rings (SSSR count). The summed E-state index contributed by atoms with van der Waals surface area (Å²) >= 11 is 1.69. The quantitative estimate of drug-likeness (QED) is 0.756. The number of benzene rings is 1. The SMILES string of the molecule is CCCC1CCN(Cc2cccc(CC3CCc4nc(N)sc4C3)c2)CC1. The van der Waals surface area contributed by atoms with Crippen LogP contribution in [0.5, 0.6) is 0 Å². The van der Waals surface area contributed by atoms with Gasteiger partial charge in [-0.3, -0.25) is 4.90 Å². The molecule has 1 aliphatic heterocycles. The molecule has 2 N–H and O–H groups in total. The summed E-state index contributed by atoms with van der Waals surface area (Å²) in [7, 11) is 0. The summed E-state index contributed by atoms with van der Waals surface area (Å²) in [6.07, 6.45) is 10.2. The molecule has 1 aromatic heterocycles. The van der Waals surface area contributed by atoms with Crippen molar-refractivity contribution in [3.8, 4) is 0 Å². The lowest BCUT2D eigenvalue weighted by molar-refractivity contribution is 0.172. The number of thiazole rings is 1. The molecular weight excluding hydrogens is 350 g/mol. The summed E-state index contributed by atoms with van der Waals surface area (Å²) in [6, 6.07) is 9.33. The van der Waals surface area contributed by atoms with E-state index < -0.39 is 0 Å². The fraction of sp³-hybridized carbons (Fsp3) is 0.609. The van der Waals surface area contributed by atoms with Crippen molar-refractivity contribution in [3.63, 3.8) is 0 Å². The Morgan fingerprint density at radius 1 is 1.15 bits per heavy atom. The number of nitrogens with two attached hydrogens (primary N) is 1. The molecule has 0 amide bonds. The Morgan fingerprint density at radius 3 is 2.78 bits per heavy atom. The average Bonchev–Trinajstić information content (AvgIpc) is 3.03. The molecule has 0 radical (unpaired) electrons. The van der Waals surface area contributed by atoms with Crippen molar-refractivity contribution in [2.75, 3.05) is 18.8 Å². The van der Waals surface area contributed by atoms with Gasteiger partial charge in [-0.25, -0.2) is 4.98 Å². The molecule has 2 heterocycles. The van der Waals surface area contributed by atoms with E-state index in [4.69, 9.17) is 5.73 Å². The molecule has 0 saturated carbocycles. The van der Waals surface area contributed by atoms with Crippen molar-refractivity contribution in [1.29, 1.82) is 0 Å². The molecule has 1 unspecified atom stereocenters. The summed E-state index contributed by atoms with van der Waals surface area (Å²) in [5, 5.41) is 0.741. The van der Waals surface area contributed by atoms with E-state index in [1.807, 2.05) is 0 Å². The average molecular weight is 384 g/mol. The minimum atomic E-state index is 0.734. The van der Waals surface area contributed by atoms with Crippen LogP contribution in [0.1, 0.15) is 60.7 Å². The smallest absolute Gasteiger partial charge is 0.180 e. The molecule has 3 nitrogen and oxygen atoms in total. The van der Waals surface area contributed by atoms with Crippen LogP contribution in [0.2, 0.25) is 0 Å². The fourth-order valence-corrected chi connectivity index (χ4v) is 5.92. The van der Waals surface area contributed by atoms with Crippen LogP contribution in [-0.4, -0.2) is 23.0 Å². The van der Waals surface area contributed by atoms with Crippen molar-refractivity contribution >= 4 is 16.5 Å². The molecule has 0 spiro atoms. The maximum Gasteiger partial charge on any atom is 0.180 e. The number of fused-ring (bicyclic) bond motifs is 1. The number of anilines is 1. The number of hydrogen-bond acceptors (Lipinski definition) is 4. The third-order valence-electron chi connectivity index (χ3n) is 6.38. The van der Waals surface area contributed by atoms with Gasteiger partial charge in [0.2, 0.25) is 0 Å². The zero-order chi connectivity index (χ0) is 18.6. The standard InChI is InChI=1S/C23H33N3S/c1-2-4-17-9-11-26(12-10-17)16-20-6-3-5-18(14-20)13-19-7-8-21-22(15-19)27-23(24)25-21/h3,5-6,14,17,19H,2,4,7-13,15-16H2,1H3,(H2,24,25). The van der Waals surface area contributed by atoms with Crippen molar-refractivity contribution in [3.05, 3.63) is 46.0 Å². The van der Waals surface area contributed by atoms with E-state index in [1.54, 1.807) is 11.3 Å². The van der Waals surface area contributed by atoms with E-state index in [9.17, 15) is 0 Å².